The normalized spacial score (nSPS) is 26.1. The summed E-state index contributed by atoms with van der Waals surface area (Å²) < 4.78 is 0. The molecule has 0 amide bonds. The van der Waals surface area contributed by atoms with Crippen molar-refractivity contribution in [2.45, 2.75) is 39.5 Å². The van der Waals surface area contributed by atoms with Gasteiger partial charge in [0.05, 0.1) is 0 Å². The van der Waals surface area contributed by atoms with E-state index in [4.69, 9.17) is 0 Å². The molecule has 0 aromatic rings. The molecule has 0 heterocycles. The van der Waals surface area contributed by atoms with Gasteiger partial charge < -0.3 is 6.42 Å². The Morgan fingerprint density at radius 3 is 2.30 bits per heavy atom. The Morgan fingerprint density at radius 1 is 1.30 bits per heavy atom. The number of hydrogen-bond donors (Lipinski definition) is 0. The summed E-state index contributed by atoms with van der Waals surface area (Å²) >= 11 is 0. The van der Waals surface area contributed by atoms with E-state index in [1.165, 1.54) is 25.7 Å². The summed E-state index contributed by atoms with van der Waals surface area (Å²) in [7, 11) is 0. The topological polar surface area (TPSA) is 0 Å². The minimum atomic E-state index is 0. The van der Waals surface area contributed by atoms with Crippen molar-refractivity contribution < 1.29 is 18.9 Å². The van der Waals surface area contributed by atoms with Gasteiger partial charge in [-0.15, -0.1) is 0 Å². The van der Waals surface area contributed by atoms with Gasteiger partial charge in [0.25, 0.3) is 0 Å². The molecule has 0 spiro atoms. The molecular formula is C9H17Li. The predicted molar refractivity (Wildman–Crippen MR) is 41.1 cm³/mol. The first kappa shape index (κ1) is 10.6. The van der Waals surface area contributed by atoms with Crippen molar-refractivity contribution in [2.24, 2.45) is 11.8 Å². The monoisotopic (exact) mass is 132 g/mol. The van der Waals surface area contributed by atoms with Crippen LogP contribution in [0.2, 0.25) is 0 Å². The average molecular weight is 132 g/mol. The van der Waals surface area contributed by atoms with Gasteiger partial charge in [-0.25, -0.2) is 0 Å². The van der Waals surface area contributed by atoms with Crippen molar-refractivity contribution in [3.05, 3.63) is 6.42 Å². The van der Waals surface area contributed by atoms with Crippen molar-refractivity contribution in [1.29, 1.82) is 0 Å². The fourth-order valence-corrected chi connectivity index (χ4v) is 1.58. The fraction of sp³-hybridized carbons (Fsp3) is 0.889. The molecule has 54 valence electrons. The third-order valence-corrected chi connectivity index (χ3v) is 2.32. The first-order chi connectivity index (χ1) is 4.30. The van der Waals surface area contributed by atoms with Gasteiger partial charge in [-0.1, -0.05) is 39.0 Å². The van der Waals surface area contributed by atoms with Crippen LogP contribution in [0.5, 0.6) is 0 Å². The fourth-order valence-electron chi connectivity index (χ4n) is 1.58. The van der Waals surface area contributed by atoms with E-state index in [2.05, 4.69) is 20.3 Å². The molecule has 1 fully saturated rings. The van der Waals surface area contributed by atoms with Crippen LogP contribution in [0.25, 0.3) is 0 Å². The van der Waals surface area contributed by atoms with Gasteiger partial charge in [0.15, 0.2) is 0 Å². The van der Waals surface area contributed by atoms with Gasteiger partial charge in [0, 0.05) is 0 Å². The second-order valence-electron chi connectivity index (χ2n) is 3.43. The molecular weight excluding hydrogens is 115 g/mol. The van der Waals surface area contributed by atoms with Gasteiger partial charge in [0.2, 0.25) is 0 Å². The van der Waals surface area contributed by atoms with Crippen LogP contribution in [0.1, 0.15) is 39.5 Å². The summed E-state index contributed by atoms with van der Waals surface area (Å²) in [5.74, 6) is 1.81. The minimum absolute atomic E-state index is 0. The van der Waals surface area contributed by atoms with E-state index in [-0.39, 0.29) is 18.9 Å². The Kier molecular flexibility index (Phi) is 5.59. The molecule has 0 radical (unpaired) electrons. The van der Waals surface area contributed by atoms with Crippen molar-refractivity contribution in [2.75, 3.05) is 0 Å². The van der Waals surface area contributed by atoms with E-state index in [9.17, 15) is 0 Å². The van der Waals surface area contributed by atoms with Crippen LogP contribution in [0.4, 0.5) is 0 Å². The molecule has 1 atom stereocenters. The maximum Gasteiger partial charge on any atom is 1.00 e. The third kappa shape index (κ3) is 3.13. The van der Waals surface area contributed by atoms with Gasteiger partial charge in [-0.05, 0) is 0 Å². The predicted octanol–water partition coefficient (Wildman–Crippen LogP) is 0.0409. The smallest absolute Gasteiger partial charge is 0.325 e. The van der Waals surface area contributed by atoms with E-state index < -0.39 is 0 Å². The summed E-state index contributed by atoms with van der Waals surface area (Å²) in [5.41, 5.74) is 0. The molecule has 0 nitrogen and oxygen atoms in total. The first-order valence-electron chi connectivity index (χ1n) is 4.14. The van der Waals surface area contributed by atoms with Gasteiger partial charge in [-0.3, -0.25) is 0 Å². The third-order valence-electron chi connectivity index (χ3n) is 2.32. The number of rotatable bonds is 1. The molecule has 0 aromatic heterocycles. The zero-order chi connectivity index (χ0) is 6.69. The van der Waals surface area contributed by atoms with Crippen LogP contribution in [-0.4, -0.2) is 0 Å². The second-order valence-corrected chi connectivity index (χ2v) is 3.43. The van der Waals surface area contributed by atoms with E-state index in [0.29, 0.717) is 0 Å². The molecule has 1 rings (SSSR count). The molecule has 1 unspecified atom stereocenters. The Balaban J connectivity index is 0.000000810. The zero-order valence-electron chi connectivity index (χ0n) is 7.56. The van der Waals surface area contributed by atoms with Crippen LogP contribution >= 0.6 is 0 Å². The SMILES string of the molecule is CC(C)C1[CH-]CCCC1.[Li+]. The van der Waals surface area contributed by atoms with Gasteiger partial charge >= 0.3 is 18.9 Å². The molecule has 1 heteroatoms. The summed E-state index contributed by atoms with van der Waals surface area (Å²) in [6.07, 6.45) is 8.21. The van der Waals surface area contributed by atoms with Crippen LogP contribution in [0.3, 0.4) is 0 Å². The summed E-state index contributed by atoms with van der Waals surface area (Å²) in [4.78, 5) is 0. The number of hydrogen-bond acceptors (Lipinski definition) is 0. The van der Waals surface area contributed by atoms with E-state index in [1.54, 1.807) is 0 Å². The molecule has 0 bridgehead atoms. The molecule has 1 saturated carbocycles. The molecule has 1 aliphatic rings. The van der Waals surface area contributed by atoms with Crippen LogP contribution in [-0.2, 0) is 0 Å². The summed E-state index contributed by atoms with van der Waals surface area (Å²) in [6, 6.07) is 0. The Bertz CT molecular complexity index is 72.8. The molecule has 0 aliphatic heterocycles. The molecule has 0 N–H and O–H groups in total. The van der Waals surface area contributed by atoms with E-state index >= 15 is 0 Å². The van der Waals surface area contributed by atoms with Crippen molar-refractivity contribution in [3.63, 3.8) is 0 Å². The van der Waals surface area contributed by atoms with Gasteiger partial charge in [-0.2, -0.15) is 12.3 Å². The van der Waals surface area contributed by atoms with Crippen LogP contribution in [0.15, 0.2) is 0 Å². The second kappa shape index (κ2) is 5.27. The van der Waals surface area contributed by atoms with Crippen molar-refractivity contribution >= 4 is 0 Å². The molecule has 0 aromatic carbocycles. The Morgan fingerprint density at radius 2 is 2.00 bits per heavy atom. The quantitative estimate of drug-likeness (QED) is 0.349. The standard InChI is InChI=1S/C9H17.Li/c1-8(2)9-6-4-3-5-7-9;/h6,8-9H,3-5,7H2,1-2H3;/q-1;+1. The van der Waals surface area contributed by atoms with Crippen LogP contribution < -0.4 is 18.9 Å². The van der Waals surface area contributed by atoms with Crippen molar-refractivity contribution in [3.8, 4) is 0 Å². The van der Waals surface area contributed by atoms with Crippen LogP contribution in [0, 0.1) is 18.3 Å². The first-order valence-corrected chi connectivity index (χ1v) is 4.14. The summed E-state index contributed by atoms with van der Waals surface area (Å²) in [6.45, 7) is 4.65. The molecule has 10 heavy (non-hydrogen) atoms. The Labute approximate surface area is 77.0 Å². The zero-order valence-corrected chi connectivity index (χ0v) is 7.56. The maximum absolute atomic E-state index is 2.51. The van der Waals surface area contributed by atoms with E-state index in [0.717, 1.165) is 11.8 Å². The minimum Gasteiger partial charge on any atom is -0.325 e. The molecule has 1 aliphatic carbocycles. The maximum atomic E-state index is 2.51. The summed E-state index contributed by atoms with van der Waals surface area (Å²) in [5, 5.41) is 0. The van der Waals surface area contributed by atoms with Gasteiger partial charge in [0.1, 0.15) is 0 Å². The largest absolute Gasteiger partial charge is 1.00 e. The van der Waals surface area contributed by atoms with E-state index in [1.807, 2.05) is 0 Å². The average Bonchev–Trinajstić information content (AvgIpc) is 1.90. The van der Waals surface area contributed by atoms with Crippen molar-refractivity contribution in [1.82, 2.24) is 0 Å². The molecule has 0 saturated heterocycles. The Hall–Kier alpha value is 0.597.